The van der Waals surface area contributed by atoms with Crippen LogP contribution in [0.1, 0.15) is 67.6 Å². The quantitative estimate of drug-likeness (QED) is 0.0293. The number of nitrogens with one attached hydrogen (secondary N) is 1. The van der Waals surface area contributed by atoms with Gasteiger partial charge in [0.1, 0.15) is 22.9 Å². The Morgan fingerprint density at radius 1 is 0.797 bits per heavy atom. The van der Waals surface area contributed by atoms with E-state index in [1.165, 1.54) is 4.57 Å². The third kappa shape index (κ3) is 11.2. The monoisotopic (exact) mass is 888 g/mol. The van der Waals surface area contributed by atoms with Crippen molar-refractivity contribution in [3.63, 3.8) is 0 Å². The lowest BCUT2D eigenvalue weighted by molar-refractivity contribution is -0.160. The summed E-state index contributed by atoms with van der Waals surface area (Å²) in [6.45, 7) is 9.24. The number of nitriles is 1. The molecule has 336 valence electrons. The van der Waals surface area contributed by atoms with Crippen LogP contribution < -0.4 is 20.5 Å². The summed E-state index contributed by atoms with van der Waals surface area (Å²) in [5.41, 5.74) is 1.40. The molecule has 64 heavy (non-hydrogen) atoms. The van der Waals surface area contributed by atoms with Gasteiger partial charge in [-0.1, -0.05) is 72.8 Å². The molecule has 1 aliphatic heterocycles. The van der Waals surface area contributed by atoms with E-state index in [9.17, 15) is 19.6 Å². The molecule has 3 unspecified atom stereocenters. The van der Waals surface area contributed by atoms with Crippen LogP contribution in [0, 0.1) is 17.2 Å². The Morgan fingerprint density at radius 3 is 1.91 bits per heavy atom. The number of nitrogens with zero attached hydrogens (tertiary/aromatic N) is 5. The summed E-state index contributed by atoms with van der Waals surface area (Å²) in [6, 6.07) is 37.8. The number of benzene rings is 4. The zero-order valence-electron chi connectivity index (χ0n) is 37.3. The molecule has 2 amide bonds. The SMILES string of the molecule is COc1ccc(C(OCCC2C(Cn3ccc(NC(=O)c4ccccc4)nc3=O)C(=O)N2CCOP(OCCC#N)N(C(C)C)C(C)C)(c2ccccc2)c2ccc(OC)cc2)cc1. The molecule has 1 aromatic heterocycles. The Labute approximate surface area is 376 Å². The molecule has 1 aliphatic rings. The van der Waals surface area contributed by atoms with Gasteiger partial charge in [0.15, 0.2) is 0 Å². The molecule has 0 bridgehead atoms. The number of β-lactam (4-membered cyclic amide) rings is 1. The van der Waals surface area contributed by atoms with E-state index in [1.54, 1.807) is 55.6 Å². The summed E-state index contributed by atoms with van der Waals surface area (Å²) >= 11 is 0. The molecule has 6 rings (SSSR count). The van der Waals surface area contributed by atoms with Crippen LogP contribution >= 0.6 is 8.53 Å². The predicted molar refractivity (Wildman–Crippen MR) is 246 cm³/mol. The Hall–Kier alpha value is -5.94. The minimum Gasteiger partial charge on any atom is -0.497 e. The average molecular weight is 889 g/mol. The van der Waals surface area contributed by atoms with Crippen molar-refractivity contribution in [3.8, 4) is 17.6 Å². The van der Waals surface area contributed by atoms with Gasteiger partial charge in [0.05, 0.1) is 52.4 Å². The number of carbonyl (C=O) groups is 2. The van der Waals surface area contributed by atoms with Crippen LogP contribution in [-0.4, -0.2) is 89.6 Å². The third-order valence-electron chi connectivity index (χ3n) is 11.1. The Morgan fingerprint density at radius 2 is 1.36 bits per heavy atom. The van der Waals surface area contributed by atoms with E-state index in [-0.39, 0.29) is 69.2 Å². The maximum atomic E-state index is 14.2. The second-order valence-electron chi connectivity index (χ2n) is 15.8. The van der Waals surface area contributed by atoms with Gasteiger partial charge in [-0.25, -0.2) is 9.46 Å². The van der Waals surface area contributed by atoms with Crippen LogP contribution in [0.15, 0.2) is 126 Å². The van der Waals surface area contributed by atoms with Gasteiger partial charge in [-0.3, -0.25) is 14.2 Å². The Bertz CT molecular complexity index is 2320. The van der Waals surface area contributed by atoms with Crippen LogP contribution in [0.25, 0.3) is 0 Å². The van der Waals surface area contributed by atoms with E-state index in [0.717, 1.165) is 16.7 Å². The Balaban J connectivity index is 1.28. The van der Waals surface area contributed by atoms with Gasteiger partial charge in [-0.15, -0.1) is 0 Å². The standard InChI is InChI=1S/C49H57N6O8P/c1-35(2)55(36(3)4)64(62-31-13-28-50)63-33-30-54-44(43(47(54)57)34-53-29-26-45(52-48(53)58)51-46(56)37-14-9-7-10-15-37)27-32-61-49(38-16-11-8-12-17-38,39-18-22-41(59-5)23-19-39)40-20-24-42(60-6)25-21-40/h7-12,14-26,29,35-36,43-44H,13,27,30-34H2,1-6H3,(H,51,52,56,58). The fraction of sp³-hybridized carbons (Fsp3) is 0.367. The molecule has 1 N–H and O–H groups in total. The van der Waals surface area contributed by atoms with Gasteiger partial charge in [0, 0.05) is 43.0 Å². The fourth-order valence-corrected chi connectivity index (χ4v) is 9.65. The molecule has 1 fully saturated rings. The number of likely N-dealkylation sites (tertiary alicyclic amines) is 1. The highest BCUT2D eigenvalue weighted by molar-refractivity contribution is 7.44. The van der Waals surface area contributed by atoms with Crippen molar-refractivity contribution < 1.29 is 32.8 Å². The first kappa shape index (κ1) is 47.5. The number of rotatable bonds is 23. The predicted octanol–water partition coefficient (Wildman–Crippen LogP) is 8.03. The van der Waals surface area contributed by atoms with Gasteiger partial charge in [-0.2, -0.15) is 10.2 Å². The topological polar surface area (TPSA) is 157 Å². The van der Waals surface area contributed by atoms with E-state index in [4.69, 9.17) is 23.3 Å². The minimum atomic E-state index is -1.53. The van der Waals surface area contributed by atoms with E-state index in [1.807, 2.05) is 84.9 Å². The lowest BCUT2D eigenvalue weighted by Gasteiger charge is -2.48. The fourth-order valence-electron chi connectivity index (χ4n) is 8.07. The first-order chi connectivity index (χ1) is 31.0. The molecule has 3 atom stereocenters. The average Bonchev–Trinajstić information content (AvgIpc) is 3.31. The van der Waals surface area contributed by atoms with Crippen LogP contribution in [0.4, 0.5) is 5.82 Å². The third-order valence-corrected chi connectivity index (χ3v) is 13.2. The second-order valence-corrected chi connectivity index (χ2v) is 17.2. The van der Waals surface area contributed by atoms with Gasteiger partial charge in [0.25, 0.3) is 14.4 Å². The summed E-state index contributed by atoms with van der Waals surface area (Å²) in [6.07, 6.45) is 2.20. The van der Waals surface area contributed by atoms with E-state index < -0.39 is 31.6 Å². The van der Waals surface area contributed by atoms with Crippen LogP contribution in [-0.2, 0) is 30.7 Å². The number of aromatic nitrogens is 2. The van der Waals surface area contributed by atoms with Crippen molar-refractivity contribution in [2.45, 2.75) is 70.8 Å². The molecule has 0 radical (unpaired) electrons. The number of hydrogen-bond acceptors (Lipinski definition) is 11. The molecular formula is C49H57N6O8P. The molecular weight excluding hydrogens is 832 g/mol. The molecule has 5 aromatic rings. The molecule has 2 heterocycles. The molecule has 0 saturated carbocycles. The molecule has 15 heteroatoms. The first-order valence-electron chi connectivity index (χ1n) is 21.4. The van der Waals surface area contributed by atoms with Crippen molar-refractivity contribution in [1.82, 2.24) is 19.1 Å². The number of anilines is 1. The highest BCUT2D eigenvalue weighted by Gasteiger charge is 2.48. The summed E-state index contributed by atoms with van der Waals surface area (Å²) < 4.78 is 34.3. The normalized spacial score (nSPS) is 15.5. The maximum absolute atomic E-state index is 14.2. The number of ether oxygens (including phenoxy) is 3. The number of amides is 2. The summed E-state index contributed by atoms with van der Waals surface area (Å²) in [4.78, 5) is 46.3. The van der Waals surface area contributed by atoms with Crippen LogP contribution in [0.5, 0.6) is 11.5 Å². The van der Waals surface area contributed by atoms with Crippen molar-refractivity contribution >= 4 is 26.2 Å². The Kier molecular flexibility index (Phi) is 16.8. The highest BCUT2D eigenvalue weighted by atomic mass is 31.2. The van der Waals surface area contributed by atoms with E-state index in [0.29, 0.717) is 23.5 Å². The second kappa shape index (κ2) is 22.6. The zero-order valence-corrected chi connectivity index (χ0v) is 38.1. The molecule has 4 aromatic carbocycles. The van der Waals surface area contributed by atoms with E-state index in [2.05, 4.69) is 48.7 Å². The van der Waals surface area contributed by atoms with Gasteiger partial charge in [-0.05, 0) is 93.3 Å². The van der Waals surface area contributed by atoms with Gasteiger partial charge >= 0.3 is 5.69 Å². The summed E-state index contributed by atoms with van der Waals surface area (Å²) in [5, 5.41) is 11.9. The lowest BCUT2D eigenvalue weighted by atomic mass is 9.79. The van der Waals surface area contributed by atoms with Crippen molar-refractivity contribution in [2.75, 3.05) is 45.9 Å². The minimum absolute atomic E-state index is 0.0683. The number of methoxy groups -OCH3 is 2. The smallest absolute Gasteiger partial charge is 0.349 e. The molecule has 0 spiro atoms. The van der Waals surface area contributed by atoms with Crippen LogP contribution in [0.2, 0.25) is 0 Å². The first-order valence-corrected chi connectivity index (χ1v) is 22.6. The summed E-state index contributed by atoms with van der Waals surface area (Å²) in [5.74, 6) is 0.401. The van der Waals surface area contributed by atoms with Crippen molar-refractivity contribution in [2.24, 2.45) is 5.92 Å². The molecule has 14 nitrogen and oxygen atoms in total. The highest BCUT2D eigenvalue weighted by Crippen LogP contribution is 2.46. The van der Waals surface area contributed by atoms with Crippen LogP contribution in [0.3, 0.4) is 0 Å². The largest absolute Gasteiger partial charge is 0.497 e. The number of hydrogen-bond donors (Lipinski definition) is 1. The lowest BCUT2D eigenvalue weighted by Crippen LogP contribution is -2.63. The number of carbonyl (C=O) groups excluding carboxylic acids is 2. The molecule has 0 aliphatic carbocycles. The molecule has 1 saturated heterocycles. The van der Waals surface area contributed by atoms with Crippen molar-refractivity contribution in [1.29, 1.82) is 5.26 Å². The van der Waals surface area contributed by atoms with Crippen molar-refractivity contribution in [3.05, 3.63) is 154 Å². The summed E-state index contributed by atoms with van der Waals surface area (Å²) in [7, 11) is 1.73. The van der Waals surface area contributed by atoms with E-state index >= 15 is 0 Å². The zero-order chi connectivity index (χ0) is 45.6. The van der Waals surface area contributed by atoms with Gasteiger partial charge < -0.3 is 33.5 Å². The van der Waals surface area contributed by atoms with Gasteiger partial charge in [0.2, 0.25) is 5.91 Å². The maximum Gasteiger partial charge on any atom is 0.349 e.